The fourth-order valence-corrected chi connectivity index (χ4v) is 4.54. The summed E-state index contributed by atoms with van der Waals surface area (Å²) < 4.78 is 18.0. The predicted molar refractivity (Wildman–Crippen MR) is 125 cm³/mol. The van der Waals surface area contributed by atoms with E-state index in [-0.39, 0.29) is 23.9 Å². The summed E-state index contributed by atoms with van der Waals surface area (Å²) in [6.07, 6.45) is 8.05. The van der Waals surface area contributed by atoms with Crippen LogP contribution >= 0.6 is 0 Å². The van der Waals surface area contributed by atoms with E-state index in [0.29, 0.717) is 6.61 Å². The molecule has 0 spiro atoms. The molecule has 0 radical (unpaired) electrons. The van der Waals surface area contributed by atoms with Crippen LogP contribution in [-0.4, -0.2) is 33.4 Å². The zero-order chi connectivity index (χ0) is 22.3. The molecule has 0 heterocycles. The smallest absolute Gasteiger partial charge is 0.184 e. The van der Waals surface area contributed by atoms with Crippen LogP contribution in [0.25, 0.3) is 0 Å². The van der Waals surface area contributed by atoms with Gasteiger partial charge < -0.3 is 13.9 Å². The zero-order valence-corrected chi connectivity index (χ0v) is 20.4. The van der Waals surface area contributed by atoms with E-state index in [1.807, 2.05) is 37.3 Å². The van der Waals surface area contributed by atoms with Crippen molar-refractivity contribution < 1.29 is 18.7 Å². The van der Waals surface area contributed by atoms with Crippen molar-refractivity contribution in [1.29, 1.82) is 0 Å². The van der Waals surface area contributed by atoms with Crippen molar-refractivity contribution in [2.45, 2.75) is 65.6 Å². The molecule has 164 valence electrons. The van der Waals surface area contributed by atoms with E-state index in [1.165, 1.54) is 5.57 Å². The molecular weight excluding hydrogens is 392 g/mol. The fraction of sp³-hybridized carbons (Fsp3) is 0.480. The molecule has 1 aromatic carbocycles. The molecule has 4 nitrogen and oxygen atoms in total. The fourth-order valence-electron chi connectivity index (χ4n) is 3.45. The van der Waals surface area contributed by atoms with Gasteiger partial charge in [-0.05, 0) is 76.7 Å². The molecule has 0 saturated heterocycles. The van der Waals surface area contributed by atoms with Crippen molar-refractivity contribution in [1.82, 2.24) is 0 Å². The summed E-state index contributed by atoms with van der Waals surface area (Å²) in [5, 5.41) is 0. The maximum absolute atomic E-state index is 12.8. The first-order chi connectivity index (χ1) is 14.1. The lowest BCUT2D eigenvalue weighted by Gasteiger charge is -2.38. The number of ether oxygens (including phenoxy) is 2. The summed E-state index contributed by atoms with van der Waals surface area (Å²) in [6.45, 7) is 13.1. The number of benzene rings is 1. The van der Waals surface area contributed by atoms with E-state index < -0.39 is 8.32 Å². The Kier molecular flexibility index (Phi) is 8.83. The third-order valence-electron chi connectivity index (χ3n) is 4.96. The van der Waals surface area contributed by atoms with E-state index in [0.717, 1.165) is 23.3 Å². The van der Waals surface area contributed by atoms with Crippen LogP contribution in [-0.2, 0) is 20.6 Å². The van der Waals surface area contributed by atoms with Gasteiger partial charge in [0.1, 0.15) is 11.9 Å². The molecular formula is C25H36O4Si. The third-order valence-corrected chi connectivity index (χ3v) is 5.94. The second kappa shape index (κ2) is 10.9. The molecule has 0 saturated carbocycles. The Morgan fingerprint density at radius 3 is 2.30 bits per heavy atom. The molecule has 0 bridgehead atoms. The van der Waals surface area contributed by atoms with Crippen molar-refractivity contribution in [2.75, 3.05) is 7.11 Å². The lowest BCUT2D eigenvalue weighted by atomic mass is 9.82. The number of carbonyl (C=O) groups excluding carboxylic acids is 1. The van der Waals surface area contributed by atoms with Gasteiger partial charge in [-0.25, -0.2) is 0 Å². The maximum Gasteiger partial charge on any atom is 0.184 e. The zero-order valence-electron chi connectivity index (χ0n) is 19.4. The van der Waals surface area contributed by atoms with Crippen LogP contribution in [0.4, 0.5) is 0 Å². The number of methoxy groups -OCH3 is 1. The number of allylic oxidation sites excluding steroid dienone is 4. The highest BCUT2D eigenvalue weighted by atomic mass is 28.4. The summed E-state index contributed by atoms with van der Waals surface area (Å²) in [4.78, 5) is 12.8. The SMILES string of the molecule is COc1ccc(CO[C@@H]2C=CC(=O)[C@@H](/C(C)=C/CC=C(C)C)[C@@H]2O[Si](C)(C)C)cc1. The van der Waals surface area contributed by atoms with Crippen molar-refractivity contribution in [3.63, 3.8) is 0 Å². The van der Waals surface area contributed by atoms with Gasteiger partial charge in [0.15, 0.2) is 14.1 Å². The van der Waals surface area contributed by atoms with Crippen molar-refractivity contribution in [3.8, 4) is 5.75 Å². The molecule has 30 heavy (non-hydrogen) atoms. The standard InChI is InChI=1S/C25H36O4Si/c1-18(2)9-8-10-19(3)24-22(26)15-16-23(25(24)29-30(5,6)7)28-17-20-11-13-21(27-4)14-12-20/h9-16,23-25H,8,17H2,1-7H3/b19-10+/t23-,24-,25-/m1/s1. The van der Waals surface area contributed by atoms with E-state index in [9.17, 15) is 4.79 Å². The Labute approximate surface area is 182 Å². The van der Waals surface area contributed by atoms with Crippen LogP contribution in [0.1, 0.15) is 32.8 Å². The van der Waals surface area contributed by atoms with Crippen molar-refractivity contribution in [2.24, 2.45) is 5.92 Å². The Morgan fingerprint density at radius 1 is 1.07 bits per heavy atom. The van der Waals surface area contributed by atoms with Crippen molar-refractivity contribution in [3.05, 3.63) is 65.3 Å². The summed E-state index contributed by atoms with van der Waals surface area (Å²) in [5.74, 6) is 0.598. The first-order valence-electron chi connectivity index (χ1n) is 10.5. The number of hydrogen-bond donors (Lipinski definition) is 0. The number of hydrogen-bond acceptors (Lipinski definition) is 4. The van der Waals surface area contributed by atoms with E-state index in [2.05, 4.69) is 45.6 Å². The summed E-state index contributed by atoms with van der Waals surface area (Å²) in [7, 11) is -0.241. The van der Waals surface area contributed by atoms with Gasteiger partial charge in [-0.1, -0.05) is 35.4 Å². The second-order valence-corrected chi connectivity index (χ2v) is 13.5. The highest BCUT2D eigenvalue weighted by Gasteiger charge is 2.40. The normalized spacial score (nSPS) is 22.2. The average Bonchev–Trinajstić information content (AvgIpc) is 2.66. The average molecular weight is 429 g/mol. The van der Waals surface area contributed by atoms with Gasteiger partial charge in [0.2, 0.25) is 0 Å². The highest BCUT2D eigenvalue weighted by Crippen LogP contribution is 2.31. The monoisotopic (exact) mass is 428 g/mol. The van der Waals surface area contributed by atoms with E-state index in [1.54, 1.807) is 13.2 Å². The van der Waals surface area contributed by atoms with Crippen LogP contribution in [0.15, 0.2) is 59.7 Å². The molecule has 0 amide bonds. The van der Waals surface area contributed by atoms with Crippen LogP contribution < -0.4 is 4.74 Å². The minimum absolute atomic E-state index is 0.0912. The van der Waals surface area contributed by atoms with Crippen LogP contribution in [0, 0.1) is 5.92 Å². The topological polar surface area (TPSA) is 44.8 Å². The molecule has 1 aliphatic rings. The quantitative estimate of drug-likeness (QED) is 0.365. The Morgan fingerprint density at radius 2 is 1.73 bits per heavy atom. The molecule has 5 heteroatoms. The largest absolute Gasteiger partial charge is 0.497 e. The molecule has 0 aromatic heterocycles. The second-order valence-electron chi connectivity index (χ2n) is 9.02. The number of carbonyl (C=O) groups is 1. The minimum atomic E-state index is -1.90. The number of ketones is 1. The van der Waals surface area contributed by atoms with Gasteiger partial charge in [-0.3, -0.25) is 4.79 Å². The van der Waals surface area contributed by atoms with E-state index in [4.69, 9.17) is 13.9 Å². The number of rotatable bonds is 9. The maximum atomic E-state index is 12.8. The summed E-state index contributed by atoms with van der Waals surface area (Å²) in [6, 6.07) is 7.84. The Bertz CT molecular complexity index is 795. The molecule has 0 fully saturated rings. The molecule has 0 N–H and O–H groups in total. The van der Waals surface area contributed by atoms with Gasteiger partial charge in [-0.2, -0.15) is 0 Å². The molecule has 2 rings (SSSR count). The summed E-state index contributed by atoms with van der Waals surface area (Å²) >= 11 is 0. The Balaban J connectivity index is 2.22. The van der Waals surface area contributed by atoms with Gasteiger partial charge in [-0.15, -0.1) is 0 Å². The molecule has 3 atom stereocenters. The van der Waals surface area contributed by atoms with Gasteiger partial charge in [0.05, 0.1) is 25.7 Å². The Hall–Kier alpha value is -1.95. The highest BCUT2D eigenvalue weighted by molar-refractivity contribution is 6.69. The summed E-state index contributed by atoms with van der Waals surface area (Å²) in [5.41, 5.74) is 3.37. The third kappa shape index (κ3) is 7.38. The van der Waals surface area contributed by atoms with Crippen molar-refractivity contribution >= 4 is 14.1 Å². The van der Waals surface area contributed by atoms with E-state index >= 15 is 0 Å². The first-order valence-corrected chi connectivity index (χ1v) is 14.0. The molecule has 0 aliphatic heterocycles. The minimum Gasteiger partial charge on any atom is -0.497 e. The lowest BCUT2D eigenvalue weighted by molar-refractivity contribution is -0.124. The molecule has 1 aliphatic carbocycles. The molecule has 0 unspecified atom stereocenters. The predicted octanol–water partition coefficient (Wildman–Crippen LogP) is 5.86. The lowest BCUT2D eigenvalue weighted by Crippen LogP contribution is -2.48. The van der Waals surface area contributed by atoms with Gasteiger partial charge in [0, 0.05) is 0 Å². The molecule has 1 aromatic rings. The van der Waals surface area contributed by atoms with Crippen LogP contribution in [0.3, 0.4) is 0 Å². The first kappa shape index (κ1) is 24.3. The van der Waals surface area contributed by atoms with Crippen LogP contribution in [0.2, 0.25) is 19.6 Å². The van der Waals surface area contributed by atoms with Crippen LogP contribution in [0.5, 0.6) is 5.75 Å². The van der Waals surface area contributed by atoms with Gasteiger partial charge in [0.25, 0.3) is 0 Å². The van der Waals surface area contributed by atoms with Gasteiger partial charge >= 0.3 is 0 Å².